The lowest BCUT2D eigenvalue weighted by atomic mass is 9.89. The number of rotatable bonds is 5. The van der Waals surface area contributed by atoms with Gasteiger partial charge in [-0.2, -0.15) is 5.10 Å². The summed E-state index contributed by atoms with van der Waals surface area (Å²) in [5.41, 5.74) is 10.6. The number of carbonyl (C=O) groups is 1. The Balaban J connectivity index is 1.33. The van der Waals surface area contributed by atoms with Gasteiger partial charge in [0.2, 0.25) is 0 Å². The molecule has 2 heterocycles. The maximum Gasteiger partial charge on any atom is 0.255 e. The van der Waals surface area contributed by atoms with Gasteiger partial charge in [-0.3, -0.25) is 14.4 Å². The first-order chi connectivity index (χ1) is 14.9. The van der Waals surface area contributed by atoms with Crippen molar-refractivity contribution in [1.29, 1.82) is 0 Å². The quantitative estimate of drug-likeness (QED) is 0.609. The number of likely N-dealkylation sites (tertiary alicyclic amines) is 1. The number of anilines is 2. The van der Waals surface area contributed by atoms with Crippen molar-refractivity contribution in [2.75, 3.05) is 24.1 Å². The second-order valence-corrected chi connectivity index (χ2v) is 8.27. The van der Waals surface area contributed by atoms with Gasteiger partial charge >= 0.3 is 0 Å². The van der Waals surface area contributed by atoms with E-state index in [2.05, 4.69) is 28.4 Å². The molecule has 1 fully saturated rings. The number of nitrogens with two attached hydrogens (primary N) is 1. The number of halogens is 1. The molecule has 7 heteroatoms. The molecule has 0 aliphatic carbocycles. The molecule has 0 saturated carbocycles. The Hall–Kier alpha value is -3.19. The van der Waals surface area contributed by atoms with E-state index in [9.17, 15) is 9.18 Å². The van der Waals surface area contributed by atoms with Crippen LogP contribution in [0.1, 0.15) is 45.9 Å². The van der Waals surface area contributed by atoms with Gasteiger partial charge in [-0.25, -0.2) is 4.39 Å². The van der Waals surface area contributed by atoms with Crippen LogP contribution >= 0.6 is 0 Å². The third-order valence-corrected chi connectivity index (χ3v) is 6.00. The van der Waals surface area contributed by atoms with Crippen LogP contribution in [0.15, 0.2) is 48.7 Å². The second kappa shape index (κ2) is 8.89. The van der Waals surface area contributed by atoms with E-state index < -0.39 is 5.82 Å². The molecule has 1 aliphatic heterocycles. The molecule has 2 aromatic carbocycles. The SMILES string of the molecule is Cc1nn(C)cc1CN1CCC(c2ccc(C(=O)Nc3ccc(F)cc3N)cc2)CC1. The number of aryl methyl sites for hydroxylation is 2. The number of piperidine rings is 1. The van der Waals surface area contributed by atoms with Crippen molar-refractivity contribution in [3.8, 4) is 0 Å². The van der Waals surface area contributed by atoms with Crippen molar-refractivity contribution < 1.29 is 9.18 Å². The van der Waals surface area contributed by atoms with E-state index in [4.69, 9.17) is 5.73 Å². The first kappa shape index (κ1) is 21.1. The van der Waals surface area contributed by atoms with Crippen LogP contribution in [0.25, 0.3) is 0 Å². The summed E-state index contributed by atoms with van der Waals surface area (Å²) in [5.74, 6) is -0.191. The van der Waals surface area contributed by atoms with Gasteiger partial charge < -0.3 is 11.1 Å². The summed E-state index contributed by atoms with van der Waals surface area (Å²) in [6.45, 7) is 5.10. The average molecular weight is 422 g/mol. The molecule has 3 N–H and O–H groups in total. The first-order valence-electron chi connectivity index (χ1n) is 10.6. The van der Waals surface area contributed by atoms with E-state index in [-0.39, 0.29) is 11.6 Å². The predicted molar refractivity (Wildman–Crippen MR) is 120 cm³/mol. The highest BCUT2D eigenvalue weighted by molar-refractivity contribution is 6.05. The number of amides is 1. The fourth-order valence-corrected chi connectivity index (χ4v) is 4.22. The minimum Gasteiger partial charge on any atom is -0.397 e. The van der Waals surface area contributed by atoms with E-state index >= 15 is 0 Å². The number of carbonyl (C=O) groups excluding carboxylic acids is 1. The van der Waals surface area contributed by atoms with Gasteiger partial charge in [0.15, 0.2) is 0 Å². The topological polar surface area (TPSA) is 76.2 Å². The van der Waals surface area contributed by atoms with Gasteiger partial charge in [0.25, 0.3) is 5.91 Å². The molecule has 0 atom stereocenters. The highest BCUT2D eigenvalue weighted by Crippen LogP contribution is 2.29. The third-order valence-electron chi connectivity index (χ3n) is 6.00. The largest absolute Gasteiger partial charge is 0.397 e. The van der Waals surface area contributed by atoms with E-state index in [1.165, 1.54) is 29.3 Å². The highest BCUT2D eigenvalue weighted by Gasteiger charge is 2.22. The van der Waals surface area contributed by atoms with Gasteiger partial charge in [-0.05, 0) is 74.7 Å². The van der Waals surface area contributed by atoms with Crippen LogP contribution in [0, 0.1) is 12.7 Å². The molecular weight excluding hydrogens is 393 g/mol. The van der Waals surface area contributed by atoms with E-state index in [1.54, 1.807) is 0 Å². The molecule has 6 nitrogen and oxygen atoms in total. The van der Waals surface area contributed by atoms with Crippen molar-refractivity contribution in [3.05, 3.63) is 76.9 Å². The summed E-state index contributed by atoms with van der Waals surface area (Å²) < 4.78 is 15.1. The highest BCUT2D eigenvalue weighted by atomic mass is 19.1. The maximum atomic E-state index is 13.2. The first-order valence-corrected chi connectivity index (χ1v) is 10.6. The molecule has 162 valence electrons. The molecule has 1 amide bonds. The number of hydrogen-bond donors (Lipinski definition) is 2. The Labute approximate surface area is 181 Å². The minimum absolute atomic E-state index is 0.207. The summed E-state index contributed by atoms with van der Waals surface area (Å²) in [6, 6.07) is 11.7. The molecule has 1 aromatic heterocycles. The summed E-state index contributed by atoms with van der Waals surface area (Å²) in [4.78, 5) is 15.0. The molecule has 0 unspecified atom stereocenters. The smallest absolute Gasteiger partial charge is 0.255 e. The summed E-state index contributed by atoms with van der Waals surface area (Å²) in [6.07, 6.45) is 4.29. The summed E-state index contributed by atoms with van der Waals surface area (Å²) in [5, 5.41) is 7.17. The van der Waals surface area contributed by atoms with Crippen molar-refractivity contribution >= 4 is 17.3 Å². The lowest BCUT2D eigenvalue weighted by Gasteiger charge is -2.32. The van der Waals surface area contributed by atoms with Crippen molar-refractivity contribution in [2.24, 2.45) is 7.05 Å². The average Bonchev–Trinajstić information content (AvgIpc) is 3.07. The monoisotopic (exact) mass is 421 g/mol. The maximum absolute atomic E-state index is 13.2. The van der Waals surface area contributed by atoms with Crippen molar-refractivity contribution in [3.63, 3.8) is 0 Å². The molecule has 31 heavy (non-hydrogen) atoms. The normalized spacial score (nSPS) is 15.2. The van der Waals surface area contributed by atoms with Crippen LogP contribution in [-0.4, -0.2) is 33.7 Å². The van der Waals surface area contributed by atoms with Gasteiger partial charge in [0.1, 0.15) is 5.82 Å². The number of benzene rings is 2. The zero-order chi connectivity index (χ0) is 22.0. The molecule has 4 rings (SSSR count). The van der Waals surface area contributed by atoms with E-state index in [1.807, 2.05) is 36.0 Å². The second-order valence-electron chi connectivity index (χ2n) is 8.27. The molecule has 1 saturated heterocycles. The number of nitrogen functional groups attached to an aromatic ring is 1. The van der Waals surface area contributed by atoms with Crippen LogP contribution in [0.2, 0.25) is 0 Å². The molecule has 3 aromatic rings. The van der Waals surface area contributed by atoms with Crippen LogP contribution in [-0.2, 0) is 13.6 Å². The van der Waals surface area contributed by atoms with Gasteiger partial charge in [0.05, 0.1) is 17.1 Å². The fraction of sp³-hybridized carbons (Fsp3) is 0.333. The zero-order valence-electron chi connectivity index (χ0n) is 17.9. The number of nitrogens with one attached hydrogen (secondary N) is 1. The molecule has 0 spiro atoms. The van der Waals surface area contributed by atoms with E-state index in [0.29, 0.717) is 17.2 Å². The van der Waals surface area contributed by atoms with Gasteiger partial charge in [-0.1, -0.05) is 12.1 Å². The molecule has 0 bridgehead atoms. The van der Waals surface area contributed by atoms with Crippen LogP contribution in [0.3, 0.4) is 0 Å². The molecular formula is C24H28FN5O. The Morgan fingerprint density at radius 3 is 2.52 bits per heavy atom. The lowest BCUT2D eigenvalue weighted by molar-refractivity contribution is 0.102. The molecule has 0 radical (unpaired) electrons. The Morgan fingerprint density at radius 2 is 1.90 bits per heavy atom. The fourth-order valence-electron chi connectivity index (χ4n) is 4.22. The Kier molecular flexibility index (Phi) is 6.04. The van der Waals surface area contributed by atoms with E-state index in [0.717, 1.165) is 38.2 Å². The summed E-state index contributed by atoms with van der Waals surface area (Å²) >= 11 is 0. The number of nitrogens with zero attached hydrogens (tertiary/aromatic N) is 3. The Bertz CT molecular complexity index is 1070. The van der Waals surface area contributed by atoms with Gasteiger partial charge in [-0.15, -0.1) is 0 Å². The summed E-state index contributed by atoms with van der Waals surface area (Å²) in [7, 11) is 1.96. The van der Waals surface area contributed by atoms with Crippen LogP contribution in [0.4, 0.5) is 15.8 Å². The number of hydrogen-bond acceptors (Lipinski definition) is 4. The standard InChI is InChI=1S/C24H28FN5O/c1-16-20(14-29(2)28-16)15-30-11-9-18(10-12-30)17-3-5-19(6-4-17)24(31)27-23-8-7-21(25)13-22(23)26/h3-8,13-14,18H,9-12,15,26H2,1-2H3,(H,27,31). The van der Waals surface area contributed by atoms with Crippen molar-refractivity contribution in [2.45, 2.75) is 32.2 Å². The predicted octanol–water partition coefficient (Wildman–Crippen LogP) is 4.08. The van der Waals surface area contributed by atoms with Crippen LogP contribution in [0.5, 0.6) is 0 Å². The van der Waals surface area contributed by atoms with Crippen molar-refractivity contribution in [1.82, 2.24) is 14.7 Å². The third kappa shape index (κ3) is 4.94. The number of aromatic nitrogens is 2. The van der Waals surface area contributed by atoms with Crippen LogP contribution < -0.4 is 11.1 Å². The zero-order valence-corrected chi connectivity index (χ0v) is 17.9. The minimum atomic E-state index is -0.429. The molecule has 1 aliphatic rings. The van der Waals surface area contributed by atoms with Gasteiger partial charge in [0, 0.05) is 30.9 Å². The lowest BCUT2D eigenvalue weighted by Crippen LogP contribution is -2.32. The Morgan fingerprint density at radius 1 is 1.19 bits per heavy atom.